The molecule has 3 heterocycles. The molecule has 0 aliphatic carbocycles. The van der Waals surface area contributed by atoms with Crippen molar-refractivity contribution in [3.05, 3.63) is 70.8 Å². The molecule has 4 aromatic rings. The number of hydrogen-bond acceptors (Lipinski definition) is 5. The van der Waals surface area contributed by atoms with Crippen LogP contribution in [0.25, 0.3) is 16.9 Å². The van der Waals surface area contributed by atoms with Crippen LogP contribution in [-0.4, -0.2) is 33.0 Å². The van der Waals surface area contributed by atoms with Gasteiger partial charge in [-0.1, -0.05) is 6.07 Å². The summed E-state index contributed by atoms with van der Waals surface area (Å²) in [5.41, 5.74) is 3.96. The molecule has 27 heavy (non-hydrogen) atoms. The lowest BCUT2D eigenvalue weighted by atomic mass is 10.2. The SMILES string of the molecule is COc1cccc(-n2cc(CNC(=O)c3cc(-c4ccsc4)n[nH]3)cn2)c1. The first kappa shape index (κ1) is 17.0. The fourth-order valence-corrected chi connectivity index (χ4v) is 3.27. The smallest absolute Gasteiger partial charge is 0.269 e. The average Bonchev–Trinajstić information content (AvgIpc) is 3.47. The van der Waals surface area contributed by atoms with Crippen LogP contribution in [0.2, 0.25) is 0 Å². The highest BCUT2D eigenvalue weighted by atomic mass is 32.1. The van der Waals surface area contributed by atoms with Crippen LogP contribution in [0.1, 0.15) is 16.1 Å². The Labute approximate surface area is 159 Å². The molecule has 7 nitrogen and oxygen atoms in total. The van der Waals surface area contributed by atoms with E-state index in [1.54, 1.807) is 35.4 Å². The first-order valence-electron chi connectivity index (χ1n) is 8.27. The minimum atomic E-state index is -0.210. The lowest BCUT2D eigenvalue weighted by Crippen LogP contribution is -2.22. The number of H-pyrrole nitrogens is 1. The number of nitrogens with one attached hydrogen (secondary N) is 2. The van der Waals surface area contributed by atoms with E-state index in [1.165, 1.54) is 0 Å². The van der Waals surface area contributed by atoms with E-state index in [2.05, 4.69) is 20.6 Å². The molecule has 0 aliphatic heterocycles. The number of carbonyl (C=O) groups excluding carboxylic acids is 1. The molecule has 1 amide bonds. The van der Waals surface area contributed by atoms with Crippen LogP contribution < -0.4 is 10.1 Å². The molecule has 0 saturated heterocycles. The van der Waals surface area contributed by atoms with Crippen LogP contribution in [0.3, 0.4) is 0 Å². The van der Waals surface area contributed by atoms with Crippen LogP contribution in [-0.2, 0) is 6.54 Å². The zero-order valence-electron chi connectivity index (χ0n) is 14.5. The third kappa shape index (κ3) is 3.75. The molecule has 2 N–H and O–H groups in total. The maximum atomic E-state index is 12.3. The number of aromatic amines is 1. The van der Waals surface area contributed by atoms with Gasteiger partial charge in [0, 0.05) is 35.3 Å². The van der Waals surface area contributed by atoms with E-state index < -0.39 is 0 Å². The lowest BCUT2D eigenvalue weighted by molar-refractivity contribution is 0.0946. The van der Waals surface area contributed by atoms with Crippen molar-refractivity contribution >= 4 is 17.2 Å². The maximum Gasteiger partial charge on any atom is 0.269 e. The summed E-state index contributed by atoms with van der Waals surface area (Å²) in [6.07, 6.45) is 3.60. The van der Waals surface area contributed by atoms with Gasteiger partial charge in [-0.25, -0.2) is 4.68 Å². The summed E-state index contributed by atoms with van der Waals surface area (Å²) in [7, 11) is 1.63. The molecular formula is C19H17N5O2S. The predicted molar refractivity (Wildman–Crippen MR) is 103 cm³/mol. The van der Waals surface area contributed by atoms with Gasteiger partial charge in [-0.3, -0.25) is 9.89 Å². The molecule has 4 rings (SSSR count). The number of carbonyl (C=O) groups is 1. The fourth-order valence-electron chi connectivity index (χ4n) is 2.62. The van der Waals surface area contributed by atoms with Gasteiger partial charge in [-0.05, 0) is 29.6 Å². The number of amides is 1. The minimum Gasteiger partial charge on any atom is -0.497 e. The lowest BCUT2D eigenvalue weighted by Gasteiger charge is -2.04. The van der Waals surface area contributed by atoms with Crippen LogP contribution >= 0.6 is 11.3 Å². The molecule has 136 valence electrons. The highest BCUT2D eigenvalue weighted by Crippen LogP contribution is 2.20. The molecule has 3 aromatic heterocycles. The number of methoxy groups -OCH3 is 1. The summed E-state index contributed by atoms with van der Waals surface area (Å²) in [4.78, 5) is 12.3. The molecule has 0 saturated carbocycles. The summed E-state index contributed by atoms with van der Waals surface area (Å²) in [5, 5.41) is 18.2. The second kappa shape index (κ2) is 7.46. The minimum absolute atomic E-state index is 0.210. The van der Waals surface area contributed by atoms with Gasteiger partial charge in [-0.15, -0.1) is 0 Å². The molecule has 8 heteroatoms. The first-order chi connectivity index (χ1) is 13.2. The van der Waals surface area contributed by atoms with E-state index in [0.29, 0.717) is 12.2 Å². The van der Waals surface area contributed by atoms with Crippen LogP contribution in [0.4, 0.5) is 0 Å². The third-order valence-corrected chi connectivity index (χ3v) is 4.73. The average molecular weight is 379 g/mol. The van der Waals surface area contributed by atoms with Crippen molar-refractivity contribution in [2.24, 2.45) is 0 Å². The van der Waals surface area contributed by atoms with Gasteiger partial charge in [0.05, 0.1) is 24.7 Å². The Balaban J connectivity index is 1.40. The van der Waals surface area contributed by atoms with Gasteiger partial charge < -0.3 is 10.1 Å². The van der Waals surface area contributed by atoms with Crippen LogP contribution in [0.15, 0.2) is 59.6 Å². The summed E-state index contributed by atoms with van der Waals surface area (Å²) in [6, 6.07) is 11.3. The topological polar surface area (TPSA) is 84.8 Å². The Kier molecular flexibility index (Phi) is 4.71. The standard InChI is InChI=1S/C19H17N5O2S/c1-26-16-4-2-3-15(7-16)24-11-13(10-21-24)9-20-19(25)18-8-17(22-23-18)14-5-6-27-12-14/h2-8,10-12H,9H2,1H3,(H,20,25)(H,22,23). The number of rotatable bonds is 6. The van der Waals surface area contributed by atoms with Crippen LogP contribution in [0, 0.1) is 0 Å². The van der Waals surface area contributed by atoms with Crippen molar-refractivity contribution in [2.75, 3.05) is 7.11 Å². The molecule has 0 bridgehead atoms. The van der Waals surface area contributed by atoms with Crippen molar-refractivity contribution in [1.82, 2.24) is 25.3 Å². The zero-order valence-corrected chi connectivity index (χ0v) is 15.4. The summed E-state index contributed by atoms with van der Waals surface area (Å²) >= 11 is 1.59. The van der Waals surface area contributed by atoms with E-state index in [9.17, 15) is 4.79 Å². The number of benzene rings is 1. The monoisotopic (exact) mass is 379 g/mol. The van der Waals surface area contributed by atoms with Gasteiger partial charge in [0.15, 0.2) is 0 Å². The van der Waals surface area contributed by atoms with Gasteiger partial charge >= 0.3 is 0 Å². The van der Waals surface area contributed by atoms with Crippen LogP contribution in [0.5, 0.6) is 5.75 Å². The Morgan fingerprint density at radius 1 is 1.33 bits per heavy atom. The molecule has 0 aliphatic rings. The number of ether oxygens (including phenoxy) is 1. The van der Waals surface area contributed by atoms with Gasteiger partial charge in [0.2, 0.25) is 0 Å². The largest absolute Gasteiger partial charge is 0.497 e. The highest BCUT2D eigenvalue weighted by molar-refractivity contribution is 7.08. The normalized spacial score (nSPS) is 10.7. The Hall–Kier alpha value is -3.39. The number of thiophene rings is 1. The second-order valence-electron chi connectivity index (χ2n) is 5.86. The second-order valence-corrected chi connectivity index (χ2v) is 6.64. The first-order valence-corrected chi connectivity index (χ1v) is 9.21. The third-order valence-electron chi connectivity index (χ3n) is 4.05. The van der Waals surface area contributed by atoms with Crippen molar-refractivity contribution in [2.45, 2.75) is 6.54 Å². The molecule has 0 fully saturated rings. The molecule has 0 atom stereocenters. The highest BCUT2D eigenvalue weighted by Gasteiger charge is 2.11. The van der Waals surface area contributed by atoms with E-state index in [1.807, 2.05) is 47.3 Å². The van der Waals surface area contributed by atoms with Crippen molar-refractivity contribution < 1.29 is 9.53 Å². The summed E-state index contributed by atoms with van der Waals surface area (Å²) in [5.74, 6) is 0.552. The number of aromatic nitrogens is 4. The van der Waals surface area contributed by atoms with Crippen molar-refractivity contribution in [3.63, 3.8) is 0 Å². The molecule has 0 unspecified atom stereocenters. The number of hydrogen-bond donors (Lipinski definition) is 2. The van der Waals surface area contributed by atoms with Gasteiger partial charge in [-0.2, -0.15) is 21.5 Å². The predicted octanol–water partition coefficient (Wildman–Crippen LogP) is 3.26. The van der Waals surface area contributed by atoms with E-state index in [4.69, 9.17) is 4.74 Å². The summed E-state index contributed by atoms with van der Waals surface area (Å²) in [6.45, 7) is 0.371. The Morgan fingerprint density at radius 3 is 3.07 bits per heavy atom. The van der Waals surface area contributed by atoms with Crippen molar-refractivity contribution in [1.29, 1.82) is 0 Å². The van der Waals surface area contributed by atoms with E-state index in [-0.39, 0.29) is 5.91 Å². The molecule has 0 radical (unpaired) electrons. The van der Waals surface area contributed by atoms with Gasteiger partial charge in [0.1, 0.15) is 11.4 Å². The molecular weight excluding hydrogens is 362 g/mol. The van der Waals surface area contributed by atoms with E-state index >= 15 is 0 Å². The van der Waals surface area contributed by atoms with Gasteiger partial charge in [0.25, 0.3) is 5.91 Å². The van der Waals surface area contributed by atoms with Crippen molar-refractivity contribution in [3.8, 4) is 22.7 Å². The molecule has 0 spiro atoms. The summed E-state index contributed by atoms with van der Waals surface area (Å²) < 4.78 is 6.98. The maximum absolute atomic E-state index is 12.3. The number of nitrogens with zero attached hydrogens (tertiary/aromatic N) is 3. The Morgan fingerprint density at radius 2 is 2.26 bits per heavy atom. The fraction of sp³-hybridized carbons (Fsp3) is 0.105. The quantitative estimate of drug-likeness (QED) is 0.538. The zero-order chi connectivity index (χ0) is 18.6. The Bertz CT molecular complexity index is 1050. The van der Waals surface area contributed by atoms with E-state index in [0.717, 1.165) is 28.3 Å². The molecule has 1 aromatic carbocycles.